The first-order valence-electron chi connectivity index (χ1n) is 6.82. The lowest BCUT2D eigenvalue weighted by molar-refractivity contribution is 0.0689. The van der Waals surface area contributed by atoms with Gasteiger partial charge in [-0.15, -0.1) is 0 Å². The summed E-state index contributed by atoms with van der Waals surface area (Å²) in [6.07, 6.45) is 0. The predicted octanol–water partition coefficient (Wildman–Crippen LogP) is 3.40. The summed E-state index contributed by atoms with van der Waals surface area (Å²) in [4.78, 5) is 34.6. The van der Waals surface area contributed by atoms with Gasteiger partial charge in [-0.3, -0.25) is 4.79 Å². The van der Waals surface area contributed by atoms with E-state index in [1.165, 1.54) is 19.1 Å². The summed E-state index contributed by atoms with van der Waals surface area (Å²) in [5.74, 6) is -1.67. The molecule has 5 heteroatoms. The Hall–Kier alpha value is -3.21. The third-order valence-electron chi connectivity index (χ3n) is 3.72. The Bertz CT molecular complexity index is 892. The van der Waals surface area contributed by atoms with Crippen LogP contribution in [0.5, 0.6) is 0 Å². The van der Waals surface area contributed by atoms with E-state index in [4.69, 9.17) is 4.74 Å². The van der Waals surface area contributed by atoms with E-state index in [9.17, 15) is 19.5 Å². The minimum atomic E-state index is -1.18. The summed E-state index contributed by atoms with van der Waals surface area (Å²) in [7, 11) is 0. The van der Waals surface area contributed by atoms with Crippen molar-refractivity contribution in [3.63, 3.8) is 0 Å². The lowest BCUT2D eigenvalue weighted by atomic mass is 9.95. The zero-order valence-corrected chi connectivity index (χ0v) is 12.3. The number of benzene rings is 2. The van der Waals surface area contributed by atoms with Crippen LogP contribution in [0.1, 0.15) is 43.6 Å². The van der Waals surface area contributed by atoms with E-state index in [0.29, 0.717) is 28.0 Å². The van der Waals surface area contributed by atoms with Crippen molar-refractivity contribution in [2.75, 3.05) is 0 Å². The van der Waals surface area contributed by atoms with Crippen LogP contribution in [-0.2, 0) is 4.74 Å². The van der Waals surface area contributed by atoms with Gasteiger partial charge in [-0.2, -0.15) is 0 Å². The van der Waals surface area contributed by atoms with Crippen LogP contribution in [0, 0.1) is 0 Å². The van der Waals surface area contributed by atoms with Gasteiger partial charge in [-0.05, 0) is 42.3 Å². The number of carboxylic acid groups (broad SMARTS) is 1. The smallest absolute Gasteiger partial charge is 0.344 e. The maximum Gasteiger partial charge on any atom is 0.344 e. The van der Waals surface area contributed by atoms with E-state index >= 15 is 0 Å². The number of hydrogen-bond acceptors (Lipinski definition) is 4. The van der Waals surface area contributed by atoms with Gasteiger partial charge in [0.15, 0.2) is 5.78 Å². The molecule has 3 rings (SSSR count). The monoisotopic (exact) mass is 308 g/mol. The Kier molecular flexibility index (Phi) is 3.33. The fraction of sp³-hybridized carbons (Fsp3) is 0.0556. The molecule has 0 bridgehead atoms. The van der Waals surface area contributed by atoms with Gasteiger partial charge in [0.2, 0.25) is 0 Å². The third kappa shape index (κ3) is 2.42. The molecule has 0 spiro atoms. The number of carbonyl (C=O) groups excluding carboxylic acids is 2. The van der Waals surface area contributed by atoms with Crippen LogP contribution >= 0.6 is 0 Å². The van der Waals surface area contributed by atoms with Gasteiger partial charge in [0.25, 0.3) is 0 Å². The van der Waals surface area contributed by atoms with Crippen molar-refractivity contribution in [2.45, 2.75) is 6.92 Å². The first kappa shape index (κ1) is 14.7. The van der Waals surface area contributed by atoms with Gasteiger partial charge in [-0.1, -0.05) is 18.7 Å². The quantitative estimate of drug-likeness (QED) is 0.694. The molecule has 0 saturated heterocycles. The number of fused-ring (bicyclic) bond motifs is 1. The number of Topliss-reactive ketones (excluding diaryl/α,β-unsaturated/α-hetero) is 1. The fourth-order valence-corrected chi connectivity index (χ4v) is 2.57. The molecular formula is C18H12O5. The Morgan fingerprint density at radius 1 is 1.00 bits per heavy atom. The molecular weight excluding hydrogens is 296 g/mol. The minimum Gasteiger partial charge on any atom is -0.478 e. The lowest BCUT2D eigenvalue weighted by Crippen LogP contribution is -2.06. The van der Waals surface area contributed by atoms with Gasteiger partial charge < -0.3 is 9.84 Å². The Labute approximate surface area is 131 Å². The molecule has 114 valence electrons. The standard InChI is InChI=1S/C18H12O5/c1-9(19)13-5-3-11(7-15(13)17(20)21)12-4-6-14-10(2)23-18(22)16(14)8-12/h3-8H,2H2,1H3,(H,20,21). The molecule has 0 saturated carbocycles. The van der Waals surface area contributed by atoms with Gasteiger partial charge >= 0.3 is 11.9 Å². The average molecular weight is 308 g/mol. The number of cyclic esters (lactones) is 1. The van der Waals surface area contributed by atoms with E-state index in [0.717, 1.165) is 0 Å². The fourth-order valence-electron chi connectivity index (χ4n) is 2.57. The molecule has 1 aliphatic rings. The van der Waals surface area contributed by atoms with Crippen LogP contribution in [0.25, 0.3) is 16.9 Å². The van der Waals surface area contributed by atoms with Crippen LogP contribution in [-0.4, -0.2) is 22.8 Å². The lowest BCUT2D eigenvalue weighted by Gasteiger charge is -2.08. The van der Waals surface area contributed by atoms with Crippen LogP contribution in [0.3, 0.4) is 0 Å². The molecule has 2 aromatic carbocycles. The zero-order chi connectivity index (χ0) is 16.7. The number of aromatic carboxylic acids is 1. The van der Waals surface area contributed by atoms with Crippen molar-refractivity contribution in [2.24, 2.45) is 0 Å². The maximum atomic E-state index is 11.8. The molecule has 0 aromatic heterocycles. The number of ketones is 1. The summed E-state index contributed by atoms with van der Waals surface area (Å²) in [6, 6.07) is 9.64. The highest BCUT2D eigenvalue weighted by atomic mass is 16.5. The topological polar surface area (TPSA) is 80.7 Å². The van der Waals surface area contributed by atoms with E-state index < -0.39 is 11.9 Å². The Morgan fingerprint density at radius 2 is 1.65 bits per heavy atom. The second kappa shape index (κ2) is 5.21. The molecule has 0 amide bonds. The van der Waals surface area contributed by atoms with E-state index in [2.05, 4.69) is 6.58 Å². The first-order valence-corrected chi connectivity index (χ1v) is 6.82. The van der Waals surface area contributed by atoms with Crippen molar-refractivity contribution >= 4 is 23.5 Å². The number of esters is 1. The van der Waals surface area contributed by atoms with E-state index in [1.54, 1.807) is 24.3 Å². The number of carboxylic acids is 1. The molecule has 23 heavy (non-hydrogen) atoms. The van der Waals surface area contributed by atoms with Crippen molar-refractivity contribution in [3.05, 3.63) is 65.2 Å². The molecule has 0 radical (unpaired) electrons. The third-order valence-corrected chi connectivity index (χ3v) is 3.72. The van der Waals surface area contributed by atoms with Gasteiger partial charge in [-0.25, -0.2) is 9.59 Å². The predicted molar refractivity (Wildman–Crippen MR) is 83.3 cm³/mol. The summed E-state index contributed by atoms with van der Waals surface area (Å²) < 4.78 is 4.96. The highest BCUT2D eigenvalue weighted by Crippen LogP contribution is 2.32. The molecule has 0 atom stereocenters. The Balaban J connectivity index is 2.13. The van der Waals surface area contributed by atoms with E-state index in [1.807, 2.05) is 0 Å². The molecule has 1 aliphatic heterocycles. The second-order valence-corrected chi connectivity index (χ2v) is 5.19. The van der Waals surface area contributed by atoms with Crippen LogP contribution in [0.4, 0.5) is 0 Å². The summed E-state index contributed by atoms with van der Waals surface area (Å²) in [6.45, 7) is 4.98. The average Bonchev–Trinajstić information content (AvgIpc) is 2.80. The number of ether oxygens (including phenoxy) is 1. The van der Waals surface area contributed by atoms with Crippen molar-refractivity contribution in [1.29, 1.82) is 0 Å². The minimum absolute atomic E-state index is 0.0671. The van der Waals surface area contributed by atoms with Gasteiger partial charge in [0.1, 0.15) is 5.76 Å². The molecule has 1 heterocycles. The van der Waals surface area contributed by atoms with Crippen LogP contribution in [0.15, 0.2) is 43.0 Å². The van der Waals surface area contributed by atoms with Crippen LogP contribution in [0.2, 0.25) is 0 Å². The van der Waals surface area contributed by atoms with Crippen molar-refractivity contribution in [1.82, 2.24) is 0 Å². The van der Waals surface area contributed by atoms with Crippen molar-refractivity contribution < 1.29 is 24.2 Å². The molecule has 0 unspecified atom stereocenters. The van der Waals surface area contributed by atoms with Crippen LogP contribution < -0.4 is 0 Å². The second-order valence-electron chi connectivity index (χ2n) is 5.19. The number of hydrogen-bond donors (Lipinski definition) is 1. The molecule has 0 fully saturated rings. The summed E-state index contributed by atoms with van der Waals surface area (Å²) in [5, 5.41) is 9.28. The first-order chi connectivity index (χ1) is 10.9. The number of carbonyl (C=O) groups is 3. The highest BCUT2D eigenvalue weighted by Gasteiger charge is 2.25. The summed E-state index contributed by atoms with van der Waals surface area (Å²) >= 11 is 0. The van der Waals surface area contributed by atoms with Gasteiger partial charge in [0, 0.05) is 11.1 Å². The maximum absolute atomic E-state index is 11.8. The number of rotatable bonds is 3. The highest BCUT2D eigenvalue weighted by molar-refractivity contribution is 6.06. The van der Waals surface area contributed by atoms with E-state index in [-0.39, 0.29) is 16.9 Å². The largest absolute Gasteiger partial charge is 0.478 e. The Morgan fingerprint density at radius 3 is 2.30 bits per heavy atom. The van der Waals surface area contributed by atoms with Gasteiger partial charge in [0.05, 0.1) is 11.1 Å². The normalized spacial score (nSPS) is 12.7. The zero-order valence-electron chi connectivity index (χ0n) is 12.3. The molecule has 1 N–H and O–H groups in total. The molecule has 5 nitrogen and oxygen atoms in total. The summed E-state index contributed by atoms with van der Waals surface area (Å²) in [5.41, 5.74) is 2.35. The SMILES string of the molecule is C=C1OC(=O)c2cc(-c3ccc(C(C)=O)c(C(=O)O)c3)ccc21. The molecule has 2 aromatic rings. The molecule has 0 aliphatic carbocycles. The van der Waals surface area contributed by atoms with Crippen molar-refractivity contribution in [3.8, 4) is 11.1 Å².